The minimum absolute atomic E-state index is 0.0534. The highest BCUT2D eigenvalue weighted by atomic mass is 16.5. The molecule has 3 rings (SSSR count). The smallest absolute Gasteiger partial charge is 0.227 e. The summed E-state index contributed by atoms with van der Waals surface area (Å²) in [5, 5.41) is 7.37. The van der Waals surface area contributed by atoms with E-state index in [1.54, 1.807) is 12.0 Å². The second-order valence-electron chi connectivity index (χ2n) is 6.87. The molecule has 0 spiro atoms. The van der Waals surface area contributed by atoms with Crippen molar-refractivity contribution in [2.75, 3.05) is 25.1 Å². The number of carbonyl (C=O) groups is 2. The fourth-order valence-electron chi connectivity index (χ4n) is 3.45. The molecule has 1 aliphatic heterocycles. The molecule has 2 heterocycles. The molecule has 7 nitrogen and oxygen atoms in total. The van der Waals surface area contributed by atoms with Crippen molar-refractivity contribution in [1.29, 1.82) is 0 Å². The number of hydrogen-bond acceptors (Lipinski definition) is 4. The zero-order valence-corrected chi connectivity index (χ0v) is 16.1. The highest BCUT2D eigenvalue weighted by Gasteiger charge is 2.36. The lowest BCUT2D eigenvalue weighted by molar-refractivity contribution is -0.126. The van der Waals surface area contributed by atoms with E-state index in [0.29, 0.717) is 24.5 Å². The van der Waals surface area contributed by atoms with Crippen molar-refractivity contribution in [1.82, 2.24) is 15.1 Å². The number of ether oxygens (including phenoxy) is 1. The van der Waals surface area contributed by atoms with Crippen LogP contribution in [0.25, 0.3) is 0 Å². The van der Waals surface area contributed by atoms with Crippen LogP contribution in [0.1, 0.15) is 24.2 Å². The third-order valence-electron chi connectivity index (χ3n) is 4.82. The molecule has 1 atom stereocenters. The number of anilines is 1. The maximum absolute atomic E-state index is 12.5. The summed E-state index contributed by atoms with van der Waals surface area (Å²) >= 11 is 0. The first kappa shape index (κ1) is 18.9. The Morgan fingerprint density at radius 1 is 1.33 bits per heavy atom. The zero-order valence-electron chi connectivity index (χ0n) is 16.1. The number of nitrogens with zero attached hydrogens (tertiary/aromatic N) is 3. The van der Waals surface area contributed by atoms with Gasteiger partial charge in [-0.05, 0) is 38.5 Å². The van der Waals surface area contributed by atoms with Crippen molar-refractivity contribution in [2.45, 2.75) is 33.2 Å². The Morgan fingerprint density at radius 2 is 2.11 bits per heavy atom. The van der Waals surface area contributed by atoms with Crippen LogP contribution in [-0.4, -0.2) is 41.8 Å². The third kappa shape index (κ3) is 4.30. The maximum Gasteiger partial charge on any atom is 0.227 e. The first-order chi connectivity index (χ1) is 13.0. The number of benzene rings is 1. The molecular weight excluding hydrogens is 344 g/mol. The number of aromatic nitrogens is 2. The van der Waals surface area contributed by atoms with E-state index in [1.165, 1.54) is 0 Å². The van der Waals surface area contributed by atoms with Crippen LogP contribution in [0.5, 0.6) is 5.75 Å². The van der Waals surface area contributed by atoms with E-state index in [2.05, 4.69) is 10.4 Å². The number of nitrogens with one attached hydrogen (secondary N) is 1. The molecule has 2 aromatic rings. The molecule has 1 aliphatic rings. The molecule has 1 saturated heterocycles. The van der Waals surface area contributed by atoms with Gasteiger partial charge in [-0.25, -0.2) is 0 Å². The molecule has 0 bridgehead atoms. The zero-order chi connectivity index (χ0) is 19.4. The van der Waals surface area contributed by atoms with E-state index in [9.17, 15) is 9.59 Å². The van der Waals surface area contributed by atoms with Crippen molar-refractivity contribution >= 4 is 17.5 Å². The van der Waals surface area contributed by atoms with Gasteiger partial charge in [0.15, 0.2) is 0 Å². The molecule has 1 unspecified atom stereocenters. The Kier molecular flexibility index (Phi) is 5.78. The van der Waals surface area contributed by atoms with Gasteiger partial charge in [0.2, 0.25) is 11.8 Å². The number of hydrogen-bond donors (Lipinski definition) is 1. The van der Waals surface area contributed by atoms with Crippen molar-refractivity contribution < 1.29 is 14.3 Å². The Hall–Kier alpha value is -2.83. The molecule has 0 aliphatic carbocycles. The molecule has 144 valence electrons. The second kappa shape index (κ2) is 8.24. The summed E-state index contributed by atoms with van der Waals surface area (Å²) in [6.45, 7) is 5.70. The summed E-state index contributed by atoms with van der Waals surface area (Å²) in [6.07, 6.45) is 1.02. The van der Waals surface area contributed by atoms with Gasteiger partial charge in [0.1, 0.15) is 5.75 Å². The predicted molar refractivity (Wildman–Crippen MR) is 103 cm³/mol. The van der Waals surface area contributed by atoms with E-state index in [1.807, 2.05) is 48.9 Å². The highest BCUT2D eigenvalue weighted by molar-refractivity contribution is 6.01. The second-order valence-corrected chi connectivity index (χ2v) is 6.87. The number of methoxy groups -OCH3 is 1. The SMILES string of the molecule is COc1ccccc1N1CC(C(=O)NCCCn2nc(C)cc2C)CC1=O. The minimum atomic E-state index is -0.337. The van der Waals surface area contributed by atoms with Gasteiger partial charge >= 0.3 is 0 Å². The maximum atomic E-state index is 12.5. The van der Waals surface area contributed by atoms with Crippen molar-refractivity contribution in [3.63, 3.8) is 0 Å². The molecule has 7 heteroatoms. The Morgan fingerprint density at radius 3 is 2.81 bits per heavy atom. The van der Waals surface area contributed by atoms with Crippen molar-refractivity contribution in [3.8, 4) is 5.75 Å². The largest absolute Gasteiger partial charge is 0.495 e. The number of aryl methyl sites for hydroxylation is 3. The van der Waals surface area contributed by atoms with E-state index < -0.39 is 0 Å². The van der Waals surface area contributed by atoms with Gasteiger partial charge in [-0.3, -0.25) is 14.3 Å². The molecule has 1 N–H and O–H groups in total. The minimum Gasteiger partial charge on any atom is -0.495 e. The van der Waals surface area contributed by atoms with Gasteiger partial charge in [0.25, 0.3) is 0 Å². The predicted octanol–water partition coefficient (Wildman–Crippen LogP) is 2.07. The standard InChI is InChI=1S/C20H26N4O3/c1-14-11-15(2)24(22-14)10-6-9-21-20(26)16-12-19(25)23(13-16)17-7-4-5-8-18(17)27-3/h4-5,7-8,11,16H,6,9-10,12-13H2,1-3H3,(H,21,26). The molecule has 27 heavy (non-hydrogen) atoms. The van der Waals surface area contributed by atoms with Crippen LogP contribution >= 0.6 is 0 Å². The van der Waals surface area contributed by atoms with Gasteiger partial charge in [-0.15, -0.1) is 0 Å². The number of rotatable bonds is 7. The summed E-state index contributed by atoms with van der Waals surface area (Å²) in [7, 11) is 1.58. The molecule has 1 aromatic carbocycles. The molecule has 2 amide bonds. The summed E-state index contributed by atoms with van der Waals surface area (Å²) in [6, 6.07) is 9.41. The van der Waals surface area contributed by atoms with Crippen LogP contribution in [0.2, 0.25) is 0 Å². The van der Waals surface area contributed by atoms with E-state index in [-0.39, 0.29) is 24.2 Å². The lowest BCUT2D eigenvalue weighted by Gasteiger charge is -2.19. The average molecular weight is 370 g/mol. The summed E-state index contributed by atoms with van der Waals surface area (Å²) in [4.78, 5) is 26.5. The molecule has 0 saturated carbocycles. The van der Waals surface area contributed by atoms with Crippen molar-refractivity contribution in [2.24, 2.45) is 5.92 Å². The monoisotopic (exact) mass is 370 g/mol. The normalized spacial score (nSPS) is 16.6. The average Bonchev–Trinajstić information content (AvgIpc) is 3.20. The van der Waals surface area contributed by atoms with Crippen LogP contribution in [0.4, 0.5) is 5.69 Å². The van der Waals surface area contributed by atoms with Gasteiger partial charge in [0.05, 0.1) is 24.4 Å². The van der Waals surface area contributed by atoms with Crippen molar-refractivity contribution in [3.05, 3.63) is 41.7 Å². The number of carbonyl (C=O) groups excluding carboxylic acids is 2. The molecule has 0 radical (unpaired) electrons. The number of amides is 2. The first-order valence-corrected chi connectivity index (χ1v) is 9.21. The fourth-order valence-corrected chi connectivity index (χ4v) is 3.45. The third-order valence-corrected chi connectivity index (χ3v) is 4.82. The summed E-state index contributed by atoms with van der Waals surface area (Å²) in [5.41, 5.74) is 2.83. The van der Waals surface area contributed by atoms with Gasteiger partial charge < -0.3 is 15.0 Å². The number of para-hydroxylation sites is 2. The van der Waals surface area contributed by atoms with Crippen LogP contribution in [0, 0.1) is 19.8 Å². The molecule has 1 fully saturated rings. The van der Waals surface area contributed by atoms with Gasteiger partial charge in [-0.2, -0.15) is 5.10 Å². The highest BCUT2D eigenvalue weighted by Crippen LogP contribution is 2.32. The molecule has 1 aromatic heterocycles. The van der Waals surface area contributed by atoms with Crippen LogP contribution in [0.15, 0.2) is 30.3 Å². The Bertz CT molecular complexity index is 830. The Balaban J connectivity index is 1.51. The Labute approximate surface area is 159 Å². The molecular formula is C20H26N4O3. The van der Waals surface area contributed by atoms with E-state index in [0.717, 1.165) is 24.4 Å². The first-order valence-electron chi connectivity index (χ1n) is 9.21. The topological polar surface area (TPSA) is 76.5 Å². The fraction of sp³-hybridized carbons (Fsp3) is 0.450. The van der Waals surface area contributed by atoms with Crippen LogP contribution < -0.4 is 15.0 Å². The van der Waals surface area contributed by atoms with E-state index in [4.69, 9.17) is 4.74 Å². The van der Waals surface area contributed by atoms with E-state index >= 15 is 0 Å². The van der Waals surface area contributed by atoms with Gasteiger partial charge in [-0.1, -0.05) is 12.1 Å². The van der Waals surface area contributed by atoms with Gasteiger partial charge in [0, 0.05) is 31.7 Å². The van der Waals surface area contributed by atoms with Crippen LogP contribution in [0.3, 0.4) is 0 Å². The summed E-state index contributed by atoms with van der Waals surface area (Å²) in [5.74, 6) is 0.171. The summed E-state index contributed by atoms with van der Waals surface area (Å²) < 4.78 is 7.28. The van der Waals surface area contributed by atoms with Crippen LogP contribution in [-0.2, 0) is 16.1 Å². The quantitative estimate of drug-likeness (QED) is 0.757. The lowest BCUT2D eigenvalue weighted by Crippen LogP contribution is -2.34. The lowest BCUT2D eigenvalue weighted by atomic mass is 10.1.